The van der Waals surface area contributed by atoms with Crippen LogP contribution in [0.25, 0.3) is 0 Å². The van der Waals surface area contributed by atoms with Crippen LogP contribution in [0.3, 0.4) is 0 Å². The van der Waals surface area contributed by atoms with Gasteiger partial charge in [-0.05, 0) is 30.7 Å². The number of alkyl halides is 3. The topological polar surface area (TPSA) is 46.5 Å². The minimum atomic E-state index is -4.38. The van der Waals surface area contributed by atoms with Crippen molar-refractivity contribution < 1.29 is 27.8 Å². The second-order valence-corrected chi connectivity index (χ2v) is 4.16. The molecule has 0 heterocycles. The third kappa shape index (κ3) is 4.81. The summed E-state index contributed by atoms with van der Waals surface area (Å²) in [5.41, 5.74) is -0.761. The average Bonchev–Trinajstić information content (AvgIpc) is 2.33. The summed E-state index contributed by atoms with van der Waals surface area (Å²) >= 11 is 0. The van der Waals surface area contributed by atoms with Gasteiger partial charge in [-0.25, -0.2) is 0 Å². The highest BCUT2D eigenvalue weighted by Gasteiger charge is 2.30. The van der Waals surface area contributed by atoms with Crippen molar-refractivity contribution >= 4 is 5.97 Å². The van der Waals surface area contributed by atoms with Crippen molar-refractivity contribution in [2.75, 3.05) is 6.61 Å². The Morgan fingerprint density at radius 2 is 1.89 bits per heavy atom. The standard InChI is InChI=1S/C13H15F3O3/c1-2-3-9(12(17)18)8-19-11-6-4-10(5-7-11)13(14,15)16/h4-7,9H,2-3,8H2,1H3,(H,17,18). The van der Waals surface area contributed by atoms with Crippen LogP contribution in [-0.4, -0.2) is 17.7 Å². The molecule has 1 aromatic carbocycles. The number of benzene rings is 1. The lowest BCUT2D eigenvalue weighted by atomic mass is 10.1. The van der Waals surface area contributed by atoms with E-state index in [1.165, 1.54) is 12.1 Å². The first-order chi connectivity index (χ1) is 8.84. The SMILES string of the molecule is CCCC(COc1ccc(C(F)(F)F)cc1)C(=O)O. The molecular weight excluding hydrogens is 261 g/mol. The lowest BCUT2D eigenvalue weighted by Crippen LogP contribution is -2.21. The summed E-state index contributed by atoms with van der Waals surface area (Å²) in [6.45, 7) is 1.81. The Kier molecular flexibility index (Phi) is 5.20. The van der Waals surface area contributed by atoms with Crippen LogP contribution in [0, 0.1) is 5.92 Å². The largest absolute Gasteiger partial charge is 0.493 e. The van der Waals surface area contributed by atoms with E-state index in [1.54, 1.807) is 0 Å². The molecule has 1 atom stereocenters. The number of ether oxygens (including phenoxy) is 1. The molecule has 0 aromatic heterocycles. The molecular formula is C13H15F3O3. The van der Waals surface area contributed by atoms with Crippen LogP contribution in [0.15, 0.2) is 24.3 Å². The normalized spacial score (nSPS) is 13.1. The molecule has 6 heteroatoms. The fourth-order valence-corrected chi connectivity index (χ4v) is 1.56. The Labute approximate surface area is 109 Å². The minimum Gasteiger partial charge on any atom is -0.493 e. The highest BCUT2D eigenvalue weighted by molar-refractivity contribution is 5.70. The minimum absolute atomic E-state index is 0.0471. The van der Waals surface area contributed by atoms with E-state index in [1.807, 2.05) is 6.92 Å². The molecule has 19 heavy (non-hydrogen) atoms. The second-order valence-electron chi connectivity index (χ2n) is 4.16. The van der Waals surface area contributed by atoms with Crippen molar-refractivity contribution in [1.29, 1.82) is 0 Å². The number of rotatable bonds is 6. The molecule has 0 fully saturated rings. The highest BCUT2D eigenvalue weighted by Crippen LogP contribution is 2.30. The number of carboxylic acids is 1. The van der Waals surface area contributed by atoms with E-state index in [9.17, 15) is 18.0 Å². The highest BCUT2D eigenvalue weighted by atomic mass is 19.4. The molecule has 106 valence electrons. The summed E-state index contributed by atoms with van der Waals surface area (Å²) in [7, 11) is 0. The molecule has 0 radical (unpaired) electrons. The van der Waals surface area contributed by atoms with Gasteiger partial charge in [0.05, 0.1) is 11.5 Å². The molecule has 0 saturated heterocycles. The Morgan fingerprint density at radius 3 is 2.32 bits per heavy atom. The zero-order valence-electron chi connectivity index (χ0n) is 10.4. The van der Waals surface area contributed by atoms with Crippen molar-refractivity contribution in [1.82, 2.24) is 0 Å². The van der Waals surface area contributed by atoms with Crippen molar-refractivity contribution in [2.24, 2.45) is 5.92 Å². The molecule has 1 aromatic rings. The maximum Gasteiger partial charge on any atom is 0.416 e. The first-order valence-corrected chi connectivity index (χ1v) is 5.87. The van der Waals surface area contributed by atoms with Crippen LogP contribution in [-0.2, 0) is 11.0 Å². The lowest BCUT2D eigenvalue weighted by molar-refractivity contribution is -0.143. The van der Waals surface area contributed by atoms with Crippen molar-refractivity contribution in [3.05, 3.63) is 29.8 Å². The Balaban J connectivity index is 2.61. The van der Waals surface area contributed by atoms with Gasteiger partial charge in [0.25, 0.3) is 0 Å². The Hall–Kier alpha value is -1.72. The van der Waals surface area contributed by atoms with Crippen molar-refractivity contribution in [3.8, 4) is 5.75 Å². The van der Waals surface area contributed by atoms with Crippen LogP contribution in [0.2, 0.25) is 0 Å². The van der Waals surface area contributed by atoms with E-state index in [0.717, 1.165) is 12.1 Å². The number of carbonyl (C=O) groups is 1. The molecule has 0 bridgehead atoms. The van der Waals surface area contributed by atoms with Gasteiger partial charge in [-0.2, -0.15) is 13.2 Å². The molecule has 0 aliphatic heterocycles. The van der Waals surface area contributed by atoms with Crippen LogP contribution < -0.4 is 4.74 Å². The molecule has 0 amide bonds. The van der Waals surface area contributed by atoms with E-state index >= 15 is 0 Å². The number of hydrogen-bond acceptors (Lipinski definition) is 2. The maximum atomic E-state index is 12.3. The van der Waals surface area contributed by atoms with Crippen LogP contribution in [0.1, 0.15) is 25.3 Å². The molecule has 3 nitrogen and oxygen atoms in total. The third-order valence-electron chi connectivity index (χ3n) is 2.62. The molecule has 0 saturated carbocycles. The van der Waals surface area contributed by atoms with Crippen molar-refractivity contribution in [3.63, 3.8) is 0 Å². The van der Waals surface area contributed by atoms with Crippen LogP contribution in [0.4, 0.5) is 13.2 Å². The van der Waals surface area contributed by atoms with Crippen LogP contribution in [0.5, 0.6) is 5.75 Å². The number of hydrogen-bond donors (Lipinski definition) is 1. The quantitative estimate of drug-likeness (QED) is 0.863. The first kappa shape index (κ1) is 15.3. The Morgan fingerprint density at radius 1 is 1.32 bits per heavy atom. The van der Waals surface area contributed by atoms with Crippen molar-refractivity contribution in [2.45, 2.75) is 25.9 Å². The predicted octanol–water partition coefficient (Wildman–Crippen LogP) is 3.59. The summed E-state index contributed by atoms with van der Waals surface area (Å²) in [6.07, 6.45) is -3.21. The summed E-state index contributed by atoms with van der Waals surface area (Å²) < 4.78 is 42.2. The summed E-state index contributed by atoms with van der Waals surface area (Å²) in [6, 6.07) is 4.19. The summed E-state index contributed by atoms with van der Waals surface area (Å²) in [5.74, 6) is -1.38. The van der Waals surface area contributed by atoms with Gasteiger partial charge in [-0.15, -0.1) is 0 Å². The molecule has 1 rings (SSSR count). The lowest BCUT2D eigenvalue weighted by Gasteiger charge is -2.13. The third-order valence-corrected chi connectivity index (χ3v) is 2.62. The summed E-state index contributed by atoms with van der Waals surface area (Å²) in [4.78, 5) is 10.9. The second kappa shape index (κ2) is 6.45. The number of halogens is 3. The zero-order valence-corrected chi connectivity index (χ0v) is 10.4. The van der Waals surface area contributed by atoms with Gasteiger partial charge >= 0.3 is 12.1 Å². The first-order valence-electron chi connectivity index (χ1n) is 5.87. The fraction of sp³-hybridized carbons (Fsp3) is 0.462. The number of aliphatic carboxylic acids is 1. The van der Waals surface area contributed by atoms with Crippen LogP contribution >= 0.6 is 0 Å². The van der Waals surface area contributed by atoms with E-state index in [-0.39, 0.29) is 12.4 Å². The number of carboxylic acid groups (broad SMARTS) is 1. The van der Waals surface area contributed by atoms with Gasteiger partial charge in [0.2, 0.25) is 0 Å². The van der Waals surface area contributed by atoms with E-state index in [4.69, 9.17) is 9.84 Å². The zero-order chi connectivity index (χ0) is 14.5. The van der Waals surface area contributed by atoms with E-state index in [2.05, 4.69) is 0 Å². The van der Waals surface area contributed by atoms with E-state index < -0.39 is 23.6 Å². The van der Waals surface area contributed by atoms with E-state index in [0.29, 0.717) is 12.8 Å². The van der Waals surface area contributed by atoms with Gasteiger partial charge in [0.1, 0.15) is 12.4 Å². The van der Waals surface area contributed by atoms with Gasteiger partial charge in [0.15, 0.2) is 0 Å². The fourth-order valence-electron chi connectivity index (χ4n) is 1.56. The summed E-state index contributed by atoms with van der Waals surface area (Å²) in [5, 5.41) is 8.90. The molecule has 0 aliphatic rings. The van der Waals surface area contributed by atoms with Gasteiger partial charge in [0, 0.05) is 0 Å². The maximum absolute atomic E-state index is 12.3. The molecule has 0 aliphatic carbocycles. The average molecular weight is 276 g/mol. The predicted molar refractivity (Wildman–Crippen MR) is 63.0 cm³/mol. The smallest absolute Gasteiger partial charge is 0.416 e. The molecule has 1 unspecified atom stereocenters. The monoisotopic (exact) mass is 276 g/mol. The molecule has 1 N–H and O–H groups in total. The van der Waals surface area contributed by atoms with Gasteiger partial charge < -0.3 is 9.84 Å². The molecule has 0 spiro atoms. The van der Waals surface area contributed by atoms with Gasteiger partial charge in [-0.1, -0.05) is 13.3 Å². The Bertz CT molecular complexity index is 412. The van der Waals surface area contributed by atoms with Gasteiger partial charge in [-0.3, -0.25) is 4.79 Å².